The molecular weight excluding hydrogens is 262 g/mol. The van der Waals surface area contributed by atoms with E-state index in [1.807, 2.05) is 18.2 Å². The van der Waals surface area contributed by atoms with Crippen molar-refractivity contribution >= 4 is 22.6 Å². The fourth-order valence-electron chi connectivity index (χ4n) is 2.41. The van der Waals surface area contributed by atoms with E-state index in [1.165, 1.54) is 0 Å². The first kappa shape index (κ1) is 12.9. The van der Waals surface area contributed by atoms with Crippen LogP contribution in [0.1, 0.15) is 18.7 Å². The van der Waals surface area contributed by atoms with Crippen molar-refractivity contribution in [3.8, 4) is 0 Å². The van der Waals surface area contributed by atoms with Crippen LogP contribution in [0.4, 0.5) is 0 Å². The first-order valence-corrected chi connectivity index (χ1v) is 7.14. The maximum atomic E-state index is 5.96. The van der Waals surface area contributed by atoms with Crippen LogP contribution in [-0.4, -0.2) is 35.8 Å². The van der Waals surface area contributed by atoms with Gasteiger partial charge in [-0.3, -0.25) is 0 Å². The summed E-state index contributed by atoms with van der Waals surface area (Å²) in [5.41, 5.74) is 2.00. The third kappa shape index (κ3) is 3.26. The van der Waals surface area contributed by atoms with E-state index in [-0.39, 0.29) is 0 Å². The van der Waals surface area contributed by atoms with Crippen molar-refractivity contribution in [1.29, 1.82) is 0 Å². The molecule has 0 unspecified atom stereocenters. The van der Waals surface area contributed by atoms with Gasteiger partial charge in [-0.05, 0) is 37.6 Å². The van der Waals surface area contributed by atoms with Crippen molar-refractivity contribution in [2.75, 3.05) is 19.8 Å². The van der Waals surface area contributed by atoms with Gasteiger partial charge in [0.2, 0.25) is 0 Å². The molecule has 0 spiro atoms. The van der Waals surface area contributed by atoms with Gasteiger partial charge in [0.25, 0.3) is 0 Å². The normalized spacial score (nSPS) is 19.3. The van der Waals surface area contributed by atoms with E-state index >= 15 is 0 Å². The maximum absolute atomic E-state index is 5.96. The van der Waals surface area contributed by atoms with Gasteiger partial charge in [-0.25, -0.2) is 4.98 Å². The van der Waals surface area contributed by atoms with E-state index in [4.69, 9.17) is 16.3 Å². The Hall–Kier alpha value is -1.10. The molecule has 5 heteroatoms. The number of nitrogens with one attached hydrogen (secondary N) is 2. The molecule has 4 nitrogen and oxygen atoms in total. The highest BCUT2D eigenvalue weighted by molar-refractivity contribution is 6.31. The molecule has 2 N–H and O–H groups in total. The lowest BCUT2D eigenvalue weighted by molar-refractivity contribution is 0.190. The Morgan fingerprint density at radius 3 is 3.26 bits per heavy atom. The number of nitrogens with zero attached hydrogens (tertiary/aromatic N) is 1. The average Bonchev–Trinajstić information content (AvgIpc) is 3.02. The van der Waals surface area contributed by atoms with Gasteiger partial charge in [0.15, 0.2) is 0 Å². The standard InChI is InChI=1S/C14H18ClN3O/c15-10-3-4-12-13(8-10)18-14(17-12)2-1-6-16-11-5-7-19-9-11/h3-4,8,11,16H,1-2,5-7,9H2,(H,17,18)/t11-/m0/s1. The highest BCUT2D eigenvalue weighted by Gasteiger charge is 2.13. The number of aryl methyl sites for hydroxylation is 1. The number of halogens is 1. The van der Waals surface area contributed by atoms with E-state index in [1.54, 1.807) is 0 Å². The maximum Gasteiger partial charge on any atom is 0.107 e. The summed E-state index contributed by atoms with van der Waals surface area (Å²) in [6.45, 7) is 2.75. The molecule has 0 aliphatic carbocycles. The Morgan fingerprint density at radius 1 is 1.47 bits per heavy atom. The molecule has 2 aromatic rings. The molecule has 1 aliphatic rings. The molecule has 1 aromatic heterocycles. The van der Waals surface area contributed by atoms with Crippen molar-refractivity contribution in [3.05, 3.63) is 29.0 Å². The predicted octanol–water partition coefficient (Wildman–Crippen LogP) is 2.53. The van der Waals surface area contributed by atoms with Crippen molar-refractivity contribution in [3.63, 3.8) is 0 Å². The minimum atomic E-state index is 0.537. The van der Waals surface area contributed by atoms with Gasteiger partial charge in [0.05, 0.1) is 17.6 Å². The summed E-state index contributed by atoms with van der Waals surface area (Å²) in [6, 6.07) is 6.28. The summed E-state index contributed by atoms with van der Waals surface area (Å²) < 4.78 is 5.33. The molecular formula is C14H18ClN3O. The van der Waals surface area contributed by atoms with Crippen molar-refractivity contribution in [2.45, 2.75) is 25.3 Å². The number of hydrogen-bond acceptors (Lipinski definition) is 3. The molecule has 3 rings (SSSR count). The second-order valence-electron chi connectivity index (χ2n) is 4.96. The van der Waals surface area contributed by atoms with E-state index in [9.17, 15) is 0 Å². The number of aromatic amines is 1. The van der Waals surface area contributed by atoms with Crippen LogP contribution < -0.4 is 5.32 Å². The topological polar surface area (TPSA) is 49.9 Å². The van der Waals surface area contributed by atoms with Crippen LogP contribution in [-0.2, 0) is 11.2 Å². The molecule has 0 radical (unpaired) electrons. The lowest BCUT2D eigenvalue weighted by Gasteiger charge is -2.09. The molecule has 0 saturated carbocycles. The summed E-state index contributed by atoms with van der Waals surface area (Å²) in [5, 5.41) is 4.25. The molecule has 19 heavy (non-hydrogen) atoms. The Labute approximate surface area is 117 Å². The van der Waals surface area contributed by atoms with Gasteiger partial charge in [0.1, 0.15) is 5.82 Å². The summed E-state index contributed by atoms with van der Waals surface area (Å²) in [4.78, 5) is 7.87. The highest BCUT2D eigenvalue weighted by Crippen LogP contribution is 2.17. The zero-order valence-corrected chi connectivity index (χ0v) is 11.5. The van der Waals surface area contributed by atoms with Crippen LogP contribution >= 0.6 is 11.6 Å². The number of aromatic nitrogens is 2. The van der Waals surface area contributed by atoms with Crippen LogP contribution in [0.5, 0.6) is 0 Å². The molecule has 1 aliphatic heterocycles. The summed E-state index contributed by atoms with van der Waals surface area (Å²) >= 11 is 5.96. The molecule has 1 fully saturated rings. The third-order valence-electron chi connectivity index (χ3n) is 3.45. The first-order valence-electron chi connectivity index (χ1n) is 6.76. The van der Waals surface area contributed by atoms with Gasteiger partial charge >= 0.3 is 0 Å². The number of hydrogen-bond donors (Lipinski definition) is 2. The van der Waals surface area contributed by atoms with E-state index in [0.717, 1.165) is 60.9 Å². The van der Waals surface area contributed by atoms with Crippen LogP contribution in [0.2, 0.25) is 5.02 Å². The van der Waals surface area contributed by atoms with Crippen molar-refractivity contribution in [1.82, 2.24) is 15.3 Å². The molecule has 0 amide bonds. The Kier molecular flexibility index (Phi) is 4.01. The predicted molar refractivity (Wildman–Crippen MR) is 76.7 cm³/mol. The van der Waals surface area contributed by atoms with Crippen LogP contribution in [0.25, 0.3) is 11.0 Å². The minimum Gasteiger partial charge on any atom is -0.380 e. The number of rotatable bonds is 5. The zero-order valence-electron chi connectivity index (χ0n) is 10.8. The number of ether oxygens (including phenoxy) is 1. The number of benzene rings is 1. The average molecular weight is 280 g/mol. The smallest absolute Gasteiger partial charge is 0.107 e. The second-order valence-corrected chi connectivity index (χ2v) is 5.40. The number of imidazole rings is 1. The van der Waals surface area contributed by atoms with Gasteiger partial charge in [-0.1, -0.05) is 11.6 Å². The zero-order chi connectivity index (χ0) is 13.1. The Balaban J connectivity index is 1.50. The molecule has 102 valence electrons. The second kappa shape index (κ2) is 5.90. The molecule has 1 atom stereocenters. The van der Waals surface area contributed by atoms with Crippen molar-refractivity contribution < 1.29 is 4.74 Å². The van der Waals surface area contributed by atoms with Crippen molar-refractivity contribution in [2.24, 2.45) is 0 Å². The Morgan fingerprint density at radius 2 is 2.42 bits per heavy atom. The Bertz CT molecular complexity index is 549. The van der Waals surface area contributed by atoms with Gasteiger partial charge < -0.3 is 15.0 Å². The molecule has 0 bridgehead atoms. The minimum absolute atomic E-state index is 0.537. The molecule has 1 saturated heterocycles. The van der Waals surface area contributed by atoms with Gasteiger partial charge in [-0.2, -0.15) is 0 Å². The van der Waals surface area contributed by atoms with E-state index in [0.29, 0.717) is 6.04 Å². The highest BCUT2D eigenvalue weighted by atomic mass is 35.5. The fourth-order valence-corrected chi connectivity index (χ4v) is 2.58. The third-order valence-corrected chi connectivity index (χ3v) is 3.68. The van der Waals surface area contributed by atoms with Gasteiger partial charge in [0, 0.05) is 24.1 Å². The summed E-state index contributed by atoms with van der Waals surface area (Å²) in [5.74, 6) is 1.03. The molecule has 2 heterocycles. The van der Waals surface area contributed by atoms with Crippen LogP contribution in [0, 0.1) is 0 Å². The summed E-state index contributed by atoms with van der Waals surface area (Å²) in [7, 11) is 0. The summed E-state index contributed by atoms with van der Waals surface area (Å²) in [6.07, 6.45) is 3.15. The lowest BCUT2D eigenvalue weighted by atomic mass is 10.2. The SMILES string of the molecule is Clc1ccc2nc(CCCN[C@H]3CCOC3)[nH]c2c1. The lowest BCUT2D eigenvalue weighted by Crippen LogP contribution is -2.30. The largest absolute Gasteiger partial charge is 0.380 e. The number of H-pyrrole nitrogens is 1. The first-order chi connectivity index (χ1) is 9.31. The quantitative estimate of drug-likeness (QED) is 0.827. The van der Waals surface area contributed by atoms with Gasteiger partial charge in [-0.15, -0.1) is 0 Å². The number of fused-ring (bicyclic) bond motifs is 1. The van der Waals surface area contributed by atoms with E-state index < -0.39 is 0 Å². The van der Waals surface area contributed by atoms with E-state index in [2.05, 4.69) is 15.3 Å². The molecule has 1 aromatic carbocycles. The monoisotopic (exact) mass is 279 g/mol. The fraction of sp³-hybridized carbons (Fsp3) is 0.500. The van der Waals surface area contributed by atoms with Crippen LogP contribution in [0.15, 0.2) is 18.2 Å². The van der Waals surface area contributed by atoms with Crippen LogP contribution in [0.3, 0.4) is 0 Å².